The zero-order chi connectivity index (χ0) is 24.4. The number of fused-ring (bicyclic) bond motifs is 1. The van der Waals surface area contributed by atoms with Gasteiger partial charge in [0.25, 0.3) is 5.56 Å². The minimum atomic E-state index is -0.623. The lowest BCUT2D eigenvalue weighted by molar-refractivity contribution is -0.116. The molecule has 4 aromatic rings. The van der Waals surface area contributed by atoms with Gasteiger partial charge in [0, 0.05) is 36.1 Å². The van der Waals surface area contributed by atoms with Crippen LogP contribution in [0.25, 0.3) is 5.69 Å². The first kappa shape index (κ1) is 22.8. The first-order chi connectivity index (χ1) is 17.0. The highest BCUT2D eigenvalue weighted by molar-refractivity contribution is 7.99. The van der Waals surface area contributed by atoms with E-state index in [1.165, 1.54) is 30.0 Å². The molecule has 178 valence electrons. The Hall–Kier alpha value is -3.99. The van der Waals surface area contributed by atoms with Crippen molar-refractivity contribution < 1.29 is 9.18 Å². The van der Waals surface area contributed by atoms with Gasteiger partial charge in [-0.05, 0) is 48.7 Å². The van der Waals surface area contributed by atoms with E-state index in [0.717, 1.165) is 24.1 Å². The van der Waals surface area contributed by atoms with Crippen molar-refractivity contribution in [3.05, 3.63) is 98.3 Å². The van der Waals surface area contributed by atoms with Gasteiger partial charge >= 0.3 is 5.69 Å². The molecule has 2 aromatic heterocycles. The Morgan fingerprint density at radius 3 is 2.66 bits per heavy atom. The first-order valence-electron chi connectivity index (χ1n) is 11.0. The Labute approximate surface area is 203 Å². The van der Waals surface area contributed by atoms with Gasteiger partial charge in [0.1, 0.15) is 11.6 Å². The second kappa shape index (κ2) is 9.71. The minimum Gasteiger partial charge on any atom is -0.311 e. The van der Waals surface area contributed by atoms with Crippen molar-refractivity contribution in [2.45, 2.75) is 24.4 Å². The fraction of sp³-hybridized carbons (Fsp3) is 0.208. The molecule has 0 atom stereocenters. The van der Waals surface area contributed by atoms with E-state index in [4.69, 9.17) is 0 Å². The highest BCUT2D eigenvalue weighted by Gasteiger charge is 2.24. The SMILES string of the molecule is O=C(CSc1nnc(Cc2cc(=O)[nH]c(=O)[nH]2)n1-c1ccc(F)cc1)N1CCCc2ccccc21. The molecule has 2 aromatic carbocycles. The normalized spacial score (nSPS) is 13.0. The molecule has 0 fully saturated rings. The van der Waals surface area contributed by atoms with Crippen molar-refractivity contribution in [2.24, 2.45) is 0 Å². The van der Waals surface area contributed by atoms with Crippen LogP contribution in [-0.2, 0) is 17.6 Å². The van der Waals surface area contributed by atoms with Gasteiger partial charge in [0.15, 0.2) is 5.16 Å². The van der Waals surface area contributed by atoms with Crippen molar-refractivity contribution in [2.75, 3.05) is 17.2 Å². The lowest BCUT2D eigenvalue weighted by Crippen LogP contribution is -2.36. The van der Waals surface area contributed by atoms with Gasteiger partial charge in [0.2, 0.25) is 5.91 Å². The van der Waals surface area contributed by atoms with Gasteiger partial charge < -0.3 is 9.88 Å². The van der Waals surface area contributed by atoms with Crippen molar-refractivity contribution in [3.8, 4) is 5.69 Å². The van der Waals surface area contributed by atoms with Crippen LogP contribution in [0.2, 0.25) is 0 Å². The molecule has 0 saturated carbocycles. The van der Waals surface area contributed by atoms with Gasteiger partial charge in [-0.15, -0.1) is 10.2 Å². The molecule has 0 aliphatic carbocycles. The molecular formula is C24H21FN6O3S. The standard InChI is InChI=1S/C24H21FN6O3S/c25-16-7-9-18(10-8-16)31-20(12-17-13-21(32)27-23(34)26-17)28-29-24(31)35-14-22(33)30-11-3-5-15-4-1-2-6-19(15)30/h1-2,4,6-10,13H,3,5,11-12,14H2,(H2,26,27,32,34). The molecule has 9 nitrogen and oxygen atoms in total. The fourth-order valence-corrected chi connectivity index (χ4v) is 4.99. The Morgan fingerprint density at radius 2 is 1.86 bits per heavy atom. The van der Waals surface area contributed by atoms with Gasteiger partial charge in [0.05, 0.1) is 5.75 Å². The number of aromatic nitrogens is 5. The summed E-state index contributed by atoms with van der Waals surface area (Å²) in [5.41, 5.74) is 1.88. The molecule has 1 amide bonds. The van der Waals surface area contributed by atoms with E-state index in [2.05, 4.69) is 20.2 Å². The molecule has 11 heteroatoms. The number of nitrogens with zero attached hydrogens (tertiary/aromatic N) is 4. The molecule has 1 aliphatic rings. The third-order valence-corrected chi connectivity index (χ3v) is 6.60. The average Bonchev–Trinajstić information content (AvgIpc) is 3.24. The number of hydrogen-bond donors (Lipinski definition) is 2. The zero-order valence-electron chi connectivity index (χ0n) is 18.5. The van der Waals surface area contributed by atoms with Crippen LogP contribution in [0.3, 0.4) is 0 Å². The molecule has 35 heavy (non-hydrogen) atoms. The topological polar surface area (TPSA) is 117 Å². The predicted octanol–water partition coefficient (Wildman–Crippen LogP) is 2.45. The number of anilines is 1. The number of aromatic amines is 2. The molecule has 0 spiro atoms. The maximum atomic E-state index is 13.6. The first-order valence-corrected chi connectivity index (χ1v) is 12.0. The third-order valence-electron chi connectivity index (χ3n) is 5.69. The number of rotatable bonds is 6. The predicted molar refractivity (Wildman–Crippen MR) is 130 cm³/mol. The van der Waals surface area contributed by atoms with Gasteiger partial charge in [-0.3, -0.25) is 19.1 Å². The second-order valence-corrected chi connectivity index (χ2v) is 9.01. The average molecular weight is 493 g/mol. The van der Waals surface area contributed by atoms with Crippen LogP contribution in [0.4, 0.5) is 10.1 Å². The number of nitrogens with one attached hydrogen (secondary N) is 2. The van der Waals surface area contributed by atoms with E-state index in [-0.39, 0.29) is 18.1 Å². The fourth-order valence-electron chi connectivity index (χ4n) is 4.14. The van der Waals surface area contributed by atoms with Gasteiger partial charge in [-0.1, -0.05) is 30.0 Å². The van der Waals surface area contributed by atoms with E-state index in [1.807, 2.05) is 24.3 Å². The van der Waals surface area contributed by atoms with E-state index in [0.29, 0.717) is 28.9 Å². The number of hydrogen-bond acceptors (Lipinski definition) is 6. The quantitative estimate of drug-likeness (QED) is 0.400. The molecule has 2 N–H and O–H groups in total. The van der Waals surface area contributed by atoms with E-state index < -0.39 is 17.1 Å². The molecule has 0 bridgehead atoms. The third kappa shape index (κ3) is 4.94. The summed E-state index contributed by atoms with van der Waals surface area (Å²) in [6.07, 6.45) is 1.95. The molecule has 0 saturated heterocycles. The summed E-state index contributed by atoms with van der Waals surface area (Å²) in [7, 11) is 0. The summed E-state index contributed by atoms with van der Waals surface area (Å²) in [5, 5.41) is 8.93. The van der Waals surface area contributed by atoms with E-state index in [1.54, 1.807) is 21.6 Å². The van der Waals surface area contributed by atoms with Crippen molar-refractivity contribution in [1.29, 1.82) is 0 Å². The van der Waals surface area contributed by atoms with Crippen molar-refractivity contribution in [1.82, 2.24) is 24.7 Å². The Balaban J connectivity index is 1.43. The highest BCUT2D eigenvalue weighted by atomic mass is 32.2. The largest absolute Gasteiger partial charge is 0.325 e. The summed E-state index contributed by atoms with van der Waals surface area (Å²) in [5.74, 6) is 0.123. The molecule has 5 rings (SSSR count). The monoisotopic (exact) mass is 492 g/mol. The van der Waals surface area contributed by atoms with Crippen LogP contribution in [-0.4, -0.2) is 42.9 Å². The minimum absolute atomic E-state index is 0.0451. The Morgan fingerprint density at radius 1 is 1.06 bits per heavy atom. The number of benzene rings is 2. The van der Waals surface area contributed by atoms with Crippen LogP contribution in [0.15, 0.2) is 69.3 Å². The number of thioether (sulfide) groups is 1. The smallest absolute Gasteiger partial charge is 0.311 e. The zero-order valence-corrected chi connectivity index (χ0v) is 19.3. The highest BCUT2D eigenvalue weighted by Crippen LogP contribution is 2.29. The number of H-pyrrole nitrogens is 2. The summed E-state index contributed by atoms with van der Waals surface area (Å²) >= 11 is 1.22. The molecular weight excluding hydrogens is 471 g/mol. The maximum Gasteiger partial charge on any atom is 0.325 e. The van der Waals surface area contributed by atoms with Crippen molar-refractivity contribution >= 4 is 23.4 Å². The maximum absolute atomic E-state index is 13.6. The Bertz CT molecular complexity index is 1470. The number of carbonyl (C=O) groups is 1. The number of amides is 1. The second-order valence-electron chi connectivity index (χ2n) is 8.07. The lowest BCUT2D eigenvalue weighted by atomic mass is 10.0. The number of aryl methyl sites for hydroxylation is 1. The van der Waals surface area contributed by atoms with Crippen LogP contribution < -0.4 is 16.1 Å². The Kier molecular flexibility index (Phi) is 6.32. The summed E-state index contributed by atoms with van der Waals surface area (Å²) < 4.78 is 15.3. The molecule has 0 unspecified atom stereocenters. The van der Waals surface area contributed by atoms with Crippen LogP contribution in [0, 0.1) is 5.82 Å². The van der Waals surface area contributed by atoms with Crippen LogP contribution in [0.1, 0.15) is 23.5 Å². The number of halogens is 1. The summed E-state index contributed by atoms with van der Waals surface area (Å²) in [4.78, 5) is 43.0. The van der Waals surface area contributed by atoms with E-state index >= 15 is 0 Å². The van der Waals surface area contributed by atoms with Gasteiger partial charge in [-0.2, -0.15) is 0 Å². The number of carbonyl (C=O) groups excluding carboxylic acids is 1. The molecule has 1 aliphatic heterocycles. The summed E-state index contributed by atoms with van der Waals surface area (Å²) in [6, 6.07) is 15.0. The lowest BCUT2D eigenvalue weighted by Gasteiger charge is -2.29. The summed E-state index contributed by atoms with van der Waals surface area (Å²) in [6.45, 7) is 0.655. The number of para-hydroxylation sites is 1. The van der Waals surface area contributed by atoms with Crippen LogP contribution >= 0.6 is 11.8 Å². The molecule has 0 radical (unpaired) electrons. The molecule has 3 heterocycles. The van der Waals surface area contributed by atoms with E-state index in [9.17, 15) is 18.8 Å². The van der Waals surface area contributed by atoms with Crippen molar-refractivity contribution in [3.63, 3.8) is 0 Å². The van der Waals surface area contributed by atoms with Gasteiger partial charge in [-0.25, -0.2) is 9.18 Å². The van der Waals surface area contributed by atoms with Crippen LogP contribution in [0.5, 0.6) is 0 Å².